The van der Waals surface area contributed by atoms with E-state index in [0.29, 0.717) is 11.6 Å². The van der Waals surface area contributed by atoms with Crippen molar-refractivity contribution in [1.29, 1.82) is 0 Å². The van der Waals surface area contributed by atoms with E-state index >= 15 is 0 Å². The predicted octanol–water partition coefficient (Wildman–Crippen LogP) is 3.17. The fraction of sp³-hybridized carbons (Fsp3) is 0.476. The molecule has 2 saturated heterocycles. The summed E-state index contributed by atoms with van der Waals surface area (Å²) in [6.45, 7) is 3.70. The molecule has 2 aliphatic heterocycles. The van der Waals surface area contributed by atoms with Gasteiger partial charge in [-0.25, -0.2) is 9.97 Å². The van der Waals surface area contributed by atoms with E-state index in [1.165, 1.54) is 18.4 Å². The third kappa shape index (κ3) is 3.87. The molecular formula is C21H26N4O. The smallest absolute Gasteiger partial charge is 0.274 e. The number of piperidine rings is 1. The Bertz CT molecular complexity index is 717. The molecule has 0 N–H and O–H groups in total. The van der Waals surface area contributed by atoms with Gasteiger partial charge in [0.2, 0.25) is 0 Å². The van der Waals surface area contributed by atoms with E-state index in [1.807, 2.05) is 4.90 Å². The molecule has 2 aromatic rings. The first-order valence-corrected chi connectivity index (χ1v) is 9.70. The number of carbonyl (C=O) groups excluding carboxylic acids is 1. The fourth-order valence-corrected chi connectivity index (χ4v) is 3.99. The van der Waals surface area contributed by atoms with Gasteiger partial charge in [-0.05, 0) is 43.6 Å². The summed E-state index contributed by atoms with van der Waals surface area (Å²) in [5.41, 5.74) is 1.86. The van der Waals surface area contributed by atoms with Crippen LogP contribution in [0.3, 0.4) is 0 Å². The molecule has 0 bridgehead atoms. The van der Waals surface area contributed by atoms with Gasteiger partial charge in [0.05, 0.1) is 12.4 Å². The van der Waals surface area contributed by atoms with Crippen LogP contribution in [0, 0.1) is 5.92 Å². The van der Waals surface area contributed by atoms with E-state index in [-0.39, 0.29) is 5.91 Å². The molecule has 3 heterocycles. The Morgan fingerprint density at radius 2 is 1.69 bits per heavy atom. The molecule has 0 atom stereocenters. The minimum absolute atomic E-state index is 0.0173. The molecule has 1 aromatic carbocycles. The average Bonchev–Trinajstić information content (AvgIpc) is 3.24. The lowest BCUT2D eigenvalue weighted by atomic mass is 9.90. The number of rotatable bonds is 4. The zero-order chi connectivity index (χ0) is 17.8. The van der Waals surface area contributed by atoms with Crippen molar-refractivity contribution in [3.05, 3.63) is 54.0 Å². The van der Waals surface area contributed by atoms with Gasteiger partial charge in [0.15, 0.2) is 0 Å². The molecule has 0 unspecified atom stereocenters. The lowest BCUT2D eigenvalue weighted by Crippen LogP contribution is -2.39. The van der Waals surface area contributed by atoms with Crippen molar-refractivity contribution in [3.8, 4) is 0 Å². The summed E-state index contributed by atoms with van der Waals surface area (Å²) in [7, 11) is 0. The van der Waals surface area contributed by atoms with E-state index in [1.54, 1.807) is 12.4 Å². The summed E-state index contributed by atoms with van der Waals surface area (Å²) < 4.78 is 0. The first-order valence-electron chi connectivity index (χ1n) is 9.70. The third-order valence-corrected chi connectivity index (χ3v) is 5.56. The second kappa shape index (κ2) is 7.85. The van der Waals surface area contributed by atoms with Gasteiger partial charge in [-0.15, -0.1) is 0 Å². The Morgan fingerprint density at radius 1 is 0.962 bits per heavy atom. The Morgan fingerprint density at radius 3 is 2.35 bits per heavy atom. The number of hydrogen-bond donors (Lipinski definition) is 0. The molecule has 26 heavy (non-hydrogen) atoms. The topological polar surface area (TPSA) is 49.3 Å². The van der Waals surface area contributed by atoms with Crippen LogP contribution >= 0.6 is 0 Å². The van der Waals surface area contributed by atoms with Gasteiger partial charge in [-0.2, -0.15) is 0 Å². The minimum atomic E-state index is 0.0173. The number of carbonyl (C=O) groups is 1. The van der Waals surface area contributed by atoms with Gasteiger partial charge in [0.25, 0.3) is 5.91 Å². The molecule has 0 saturated carbocycles. The van der Waals surface area contributed by atoms with Crippen molar-refractivity contribution in [1.82, 2.24) is 14.9 Å². The van der Waals surface area contributed by atoms with Gasteiger partial charge in [0.1, 0.15) is 11.5 Å². The number of amides is 1. The number of benzene rings is 1. The summed E-state index contributed by atoms with van der Waals surface area (Å²) in [5.74, 6) is 1.56. The van der Waals surface area contributed by atoms with E-state index in [0.717, 1.165) is 51.3 Å². The highest BCUT2D eigenvalue weighted by Crippen LogP contribution is 2.23. The quantitative estimate of drug-likeness (QED) is 0.850. The number of nitrogens with zero attached hydrogens (tertiary/aromatic N) is 4. The first kappa shape index (κ1) is 17.0. The third-order valence-electron chi connectivity index (χ3n) is 5.56. The van der Waals surface area contributed by atoms with Crippen molar-refractivity contribution in [2.75, 3.05) is 31.1 Å². The van der Waals surface area contributed by atoms with Crippen molar-refractivity contribution < 1.29 is 4.79 Å². The highest BCUT2D eigenvalue weighted by molar-refractivity contribution is 5.92. The monoisotopic (exact) mass is 350 g/mol. The van der Waals surface area contributed by atoms with Crippen LogP contribution < -0.4 is 4.90 Å². The van der Waals surface area contributed by atoms with Crippen molar-refractivity contribution in [2.45, 2.75) is 32.1 Å². The first-order chi connectivity index (χ1) is 12.8. The minimum Gasteiger partial charge on any atom is -0.355 e. The van der Waals surface area contributed by atoms with E-state index in [2.05, 4.69) is 45.2 Å². The second-order valence-corrected chi connectivity index (χ2v) is 7.38. The average molecular weight is 350 g/mol. The summed E-state index contributed by atoms with van der Waals surface area (Å²) >= 11 is 0. The molecule has 1 aromatic heterocycles. The number of hydrogen-bond acceptors (Lipinski definition) is 4. The molecular weight excluding hydrogens is 324 g/mol. The van der Waals surface area contributed by atoms with Crippen molar-refractivity contribution in [2.24, 2.45) is 5.92 Å². The maximum atomic E-state index is 12.7. The zero-order valence-corrected chi connectivity index (χ0v) is 15.2. The van der Waals surface area contributed by atoms with Crippen molar-refractivity contribution in [3.63, 3.8) is 0 Å². The van der Waals surface area contributed by atoms with Crippen LogP contribution in [0.4, 0.5) is 5.82 Å². The summed E-state index contributed by atoms with van der Waals surface area (Å²) in [6.07, 6.45) is 9.03. The fourth-order valence-electron chi connectivity index (χ4n) is 3.99. The molecule has 0 spiro atoms. The maximum absolute atomic E-state index is 12.7. The molecule has 1 amide bonds. The van der Waals surface area contributed by atoms with E-state index in [4.69, 9.17) is 0 Å². The molecule has 5 nitrogen and oxygen atoms in total. The lowest BCUT2D eigenvalue weighted by Gasteiger charge is -2.32. The van der Waals surface area contributed by atoms with Crippen LogP contribution in [0.5, 0.6) is 0 Å². The van der Waals surface area contributed by atoms with E-state index < -0.39 is 0 Å². The molecule has 0 aliphatic carbocycles. The standard InChI is InChI=1S/C21H26N4O/c26-21(19-15-23-20(16-22-19)24-10-4-5-11-24)25-12-8-18(9-13-25)14-17-6-2-1-3-7-17/h1-3,6-7,15-16,18H,4-5,8-14H2. The largest absolute Gasteiger partial charge is 0.355 e. The molecule has 4 rings (SSSR count). The highest BCUT2D eigenvalue weighted by atomic mass is 16.2. The molecule has 0 radical (unpaired) electrons. The van der Waals surface area contributed by atoms with Gasteiger partial charge < -0.3 is 9.80 Å². The number of likely N-dealkylation sites (tertiary alicyclic amines) is 1. The molecule has 2 aliphatic rings. The van der Waals surface area contributed by atoms with Crippen LogP contribution in [0.15, 0.2) is 42.7 Å². The lowest BCUT2D eigenvalue weighted by molar-refractivity contribution is 0.0684. The second-order valence-electron chi connectivity index (χ2n) is 7.38. The normalized spacial score (nSPS) is 18.3. The summed E-state index contributed by atoms with van der Waals surface area (Å²) in [5, 5.41) is 0. The highest BCUT2D eigenvalue weighted by Gasteiger charge is 2.25. The Balaban J connectivity index is 1.31. The van der Waals surface area contributed by atoms with Gasteiger partial charge in [0, 0.05) is 26.2 Å². The Labute approximate surface area is 155 Å². The number of anilines is 1. The number of aromatic nitrogens is 2. The van der Waals surface area contributed by atoms with Crippen LogP contribution in [-0.4, -0.2) is 47.0 Å². The van der Waals surface area contributed by atoms with Crippen LogP contribution in [0.2, 0.25) is 0 Å². The molecule has 136 valence electrons. The molecule has 5 heteroatoms. The Hall–Kier alpha value is -2.43. The van der Waals surface area contributed by atoms with Crippen LogP contribution in [0.25, 0.3) is 0 Å². The zero-order valence-electron chi connectivity index (χ0n) is 15.2. The predicted molar refractivity (Wildman–Crippen MR) is 102 cm³/mol. The SMILES string of the molecule is O=C(c1cnc(N2CCCC2)cn1)N1CCC(Cc2ccccc2)CC1. The van der Waals surface area contributed by atoms with Gasteiger partial charge >= 0.3 is 0 Å². The Kier molecular flexibility index (Phi) is 5.14. The van der Waals surface area contributed by atoms with Crippen LogP contribution in [0.1, 0.15) is 41.7 Å². The van der Waals surface area contributed by atoms with Gasteiger partial charge in [-0.1, -0.05) is 30.3 Å². The maximum Gasteiger partial charge on any atom is 0.274 e. The van der Waals surface area contributed by atoms with Crippen molar-refractivity contribution >= 4 is 11.7 Å². The summed E-state index contributed by atoms with van der Waals surface area (Å²) in [6, 6.07) is 10.6. The van der Waals surface area contributed by atoms with Gasteiger partial charge in [-0.3, -0.25) is 4.79 Å². The van der Waals surface area contributed by atoms with E-state index in [9.17, 15) is 4.79 Å². The van der Waals surface area contributed by atoms with Crippen LogP contribution in [-0.2, 0) is 6.42 Å². The summed E-state index contributed by atoms with van der Waals surface area (Å²) in [4.78, 5) is 25.7. The molecule has 2 fully saturated rings.